The Morgan fingerprint density at radius 2 is 1.53 bits per heavy atom. The van der Waals surface area contributed by atoms with Crippen LogP contribution in [0.1, 0.15) is 64.0 Å². The smallest absolute Gasteiger partial charge is 0.311 e. The van der Waals surface area contributed by atoms with Gasteiger partial charge in [-0.05, 0) is 62.9 Å². The van der Waals surface area contributed by atoms with Crippen LogP contribution in [0.25, 0.3) is 0 Å². The van der Waals surface area contributed by atoms with E-state index in [1.54, 1.807) is 13.8 Å². The number of carbonyl (C=O) groups is 1. The largest absolute Gasteiger partial charge is 0.481 e. The molecule has 1 saturated heterocycles. The van der Waals surface area contributed by atoms with E-state index >= 15 is 0 Å². The summed E-state index contributed by atoms with van der Waals surface area (Å²) in [6, 6.07) is 19.1. The second-order valence-corrected chi connectivity index (χ2v) is 11.1. The van der Waals surface area contributed by atoms with Crippen molar-refractivity contribution in [2.45, 2.75) is 70.1 Å². The van der Waals surface area contributed by atoms with E-state index in [0.717, 1.165) is 49.9 Å². The molecule has 0 amide bonds. The summed E-state index contributed by atoms with van der Waals surface area (Å²) in [7, 11) is 0. The second kappa shape index (κ2) is 12.2. The third-order valence-electron chi connectivity index (χ3n) is 8.60. The van der Waals surface area contributed by atoms with Gasteiger partial charge in [0.2, 0.25) is 0 Å². The fraction of sp³-hybridized carbons (Fsp3) is 0.469. The summed E-state index contributed by atoms with van der Waals surface area (Å²) in [6.45, 7) is 7.14. The van der Waals surface area contributed by atoms with Crippen molar-refractivity contribution in [3.63, 3.8) is 0 Å². The molecule has 2 aromatic carbocycles. The molecular formula is C32H42ClNO4. The molecule has 0 aromatic heterocycles. The van der Waals surface area contributed by atoms with Crippen molar-refractivity contribution in [1.29, 1.82) is 0 Å². The predicted molar refractivity (Wildman–Crippen MR) is 154 cm³/mol. The number of hydrogen-bond donors (Lipinski definition) is 3. The lowest BCUT2D eigenvalue weighted by molar-refractivity contribution is -0.160. The minimum Gasteiger partial charge on any atom is -0.481 e. The first-order valence-corrected chi connectivity index (χ1v) is 13.6. The standard InChI is InChI=1S/C32H41NO4.ClH/c1-4-14-28(34)27-23-26(32(37,24-15-8-5-9-16-24)25-17-10-6-11-18-25)19-20-31(27,30(2,3)29(35)36)33-21-12-7-13-22-33;/h5-6,8-11,15-20,23,27-28,34,37H,4,7,12-14,21-22H2,1-3H3,(H,35,36);1H. The summed E-state index contributed by atoms with van der Waals surface area (Å²) in [4.78, 5) is 15.1. The molecule has 3 unspecified atom stereocenters. The zero-order chi connectivity index (χ0) is 26.7. The minimum atomic E-state index is -1.45. The highest BCUT2D eigenvalue weighted by Crippen LogP contribution is 2.51. The van der Waals surface area contributed by atoms with Crippen molar-refractivity contribution in [3.8, 4) is 0 Å². The first kappa shape index (κ1) is 30.1. The first-order valence-electron chi connectivity index (χ1n) is 13.6. The van der Waals surface area contributed by atoms with Crippen LogP contribution in [0.3, 0.4) is 0 Å². The van der Waals surface area contributed by atoms with Crippen LogP contribution in [0.5, 0.6) is 0 Å². The Morgan fingerprint density at radius 1 is 1.00 bits per heavy atom. The highest BCUT2D eigenvalue weighted by atomic mass is 35.5. The van der Waals surface area contributed by atoms with Gasteiger partial charge < -0.3 is 15.3 Å². The van der Waals surface area contributed by atoms with Gasteiger partial charge in [-0.25, -0.2) is 0 Å². The van der Waals surface area contributed by atoms with Gasteiger partial charge in [0.05, 0.1) is 17.1 Å². The Kier molecular flexibility index (Phi) is 9.64. The maximum Gasteiger partial charge on any atom is 0.311 e. The van der Waals surface area contributed by atoms with Gasteiger partial charge in [0, 0.05) is 5.92 Å². The summed E-state index contributed by atoms with van der Waals surface area (Å²) < 4.78 is 0. The molecule has 2 aromatic rings. The van der Waals surface area contributed by atoms with E-state index in [0.29, 0.717) is 12.0 Å². The molecule has 1 aliphatic carbocycles. The first-order chi connectivity index (χ1) is 17.7. The molecule has 0 bridgehead atoms. The molecule has 3 N–H and O–H groups in total. The lowest BCUT2D eigenvalue weighted by Gasteiger charge is -2.57. The molecule has 1 aliphatic heterocycles. The number of likely N-dealkylation sites (tertiary alicyclic amines) is 1. The van der Waals surface area contributed by atoms with Gasteiger partial charge in [-0.15, -0.1) is 12.4 Å². The monoisotopic (exact) mass is 539 g/mol. The Balaban J connectivity index is 0.00000400. The molecule has 1 fully saturated rings. The quantitative estimate of drug-likeness (QED) is 0.367. The molecule has 5 nitrogen and oxygen atoms in total. The molecular weight excluding hydrogens is 498 g/mol. The van der Waals surface area contributed by atoms with E-state index in [9.17, 15) is 20.1 Å². The van der Waals surface area contributed by atoms with Crippen molar-refractivity contribution in [1.82, 2.24) is 4.90 Å². The average Bonchev–Trinajstić information content (AvgIpc) is 2.93. The number of halogens is 1. The van der Waals surface area contributed by atoms with E-state index in [4.69, 9.17) is 0 Å². The highest BCUT2D eigenvalue weighted by molar-refractivity contribution is 5.85. The SMILES string of the molecule is CCCC(O)C1C=C(C(O)(c2ccccc2)c2ccccc2)C=CC1(N1CCCCC1)C(C)(C)C(=O)O.Cl. The Labute approximate surface area is 233 Å². The maximum atomic E-state index is 12.8. The number of benzene rings is 2. The number of piperidine rings is 1. The number of carboxylic acids is 1. The zero-order valence-corrected chi connectivity index (χ0v) is 23.5. The number of rotatable bonds is 9. The minimum absolute atomic E-state index is 0. The van der Waals surface area contributed by atoms with Gasteiger partial charge in [0.25, 0.3) is 0 Å². The lowest BCUT2D eigenvalue weighted by Crippen LogP contribution is -2.67. The molecule has 3 atom stereocenters. The van der Waals surface area contributed by atoms with Gasteiger partial charge in [-0.3, -0.25) is 9.69 Å². The molecule has 6 heteroatoms. The third kappa shape index (κ3) is 5.10. The normalized spacial score (nSPS) is 23.3. The molecule has 2 aliphatic rings. The van der Waals surface area contributed by atoms with E-state index < -0.39 is 34.5 Å². The van der Waals surface area contributed by atoms with Crippen molar-refractivity contribution >= 4 is 18.4 Å². The zero-order valence-electron chi connectivity index (χ0n) is 22.7. The topological polar surface area (TPSA) is 81.0 Å². The van der Waals surface area contributed by atoms with Crippen molar-refractivity contribution in [2.75, 3.05) is 13.1 Å². The summed E-state index contributed by atoms with van der Waals surface area (Å²) in [5, 5.41) is 34.6. The number of hydrogen-bond acceptors (Lipinski definition) is 4. The molecule has 0 saturated carbocycles. The second-order valence-electron chi connectivity index (χ2n) is 11.1. The number of carboxylic acid groups (broad SMARTS) is 1. The number of aliphatic hydroxyl groups excluding tert-OH is 1. The Bertz CT molecular complexity index is 1090. The van der Waals surface area contributed by atoms with Crippen LogP contribution in [0.2, 0.25) is 0 Å². The van der Waals surface area contributed by atoms with Gasteiger partial charge in [-0.1, -0.05) is 98.7 Å². The fourth-order valence-electron chi connectivity index (χ4n) is 6.46. The van der Waals surface area contributed by atoms with E-state index in [-0.39, 0.29) is 12.4 Å². The highest BCUT2D eigenvalue weighted by Gasteiger charge is 2.59. The maximum absolute atomic E-state index is 12.8. The van der Waals surface area contributed by atoms with Crippen LogP contribution >= 0.6 is 12.4 Å². The van der Waals surface area contributed by atoms with Crippen molar-refractivity contribution < 1.29 is 20.1 Å². The molecule has 1 heterocycles. The summed E-state index contributed by atoms with van der Waals surface area (Å²) in [5.41, 5.74) is -1.47. The van der Waals surface area contributed by atoms with E-state index in [1.807, 2.05) is 85.8 Å². The van der Waals surface area contributed by atoms with Crippen LogP contribution in [0.4, 0.5) is 0 Å². The van der Waals surface area contributed by atoms with Crippen LogP contribution < -0.4 is 0 Å². The number of aliphatic hydroxyl groups is 2. The average molecular weight is 540 g/mol. The Hall–Kier alpha value is -2.44. The predicted octanol–water partition coefficient (Wildman–Crippen LogP) is 5.95. The van der Waals surface area contributed by atoms with Gasteiger partial charge in [0.1, 0.15) is 5.60 Å². The molecule has 0 radical (unpaired) electrons. The van der Waals surface area contributed by atoms with Gasteiger partial charge in [-0.2, -0.15) is 0 Å². The van der Waals surface area contributed by atoms with Crippen LogP contribution in [-0.4, -0.2) is 50.9 Å². The Morgan fingerprint density at radius 3 is 2.00 bits per heavy atom. The fourth-order valence-corrected chi connectivity index (χ4v) is 6.46. The molecule has 38 heavy (non-hydrogen) atoms. The third-order valence-corrected chi connectivity index (χ3v) is 8.60. The van der Waals surface area contributed by atoms with Crippen LogP contribution in [-0.2, 0) is 10.4 Å². The van der Waals surface area contributed by atoms with Gasteiger partial charge >= 0.3 is 5.97 Å². The number of aliphatic carboxylic acids is 1. The lowest BCUT2D eigenvalue weighted by atomic mass is 9.58. The summed E-state index contributed by atoms with van der Waals surface area (Å²) in [6.07, 6.45) is 9.54. The van der Waals surface area contributed by atoms with E-state index in [2.05, 4.69) is 4.90 Å². The molecule has 4 rings (SSSR count). The molecule has 0 spiro atoms. The van der Waals surface area contributed by atoms with Crippen LogP contribution in [0, 0.1) is 11.3 Å². The van der Waals surface area contributed by atoms with Gasteiger partial charge in [0.15, 0.2) is 0 Å². The van der Waals surface area contributed by atoms with Crippen molar-refractivity contribution in [2.24, 2.45) is 11.3 Å². The number of nitrogens with zero attached hydrogens (tertiary/aromatic N) is 1. The molecule has 206 valence electrons. The van der Waals surface area contributed by atoms with E-state index in [1.165, 1.54) is 0 Å². The van der Waals surface area contributed by atoms with Crippen LogP contribution in [0.15, 0.2) is 84.5 Å². The summed E-state index contributed by atoms with van der Waals surface area (Å²) >= 11 is 0. The van der Waals surface area contributed by atoms with Crippen molar-refractivity contribution in [3.05, 3.63) is 95.6 Å². The summed E-state index contributed by atoms with van der Waals surface area (Å²) in [5.74, 6) is -1.41.